The van der Waals surface area contributed by atoms with Gasteiger partial charge in [-0.1, -0.05) is 25.1 Å². The van der Waals surface area contributed by atoms with Crippen LogP contribution >= 0.6 is 0 Å². The van der Waals surface area contributed by atoms with Crippen molar-refractivity contribution in [1.82, 2.24) is 9.97 Å². The van der Waals surface area contributed by atoms with E-state index in [9.17, 15) is 9.90 Å². The number of nitrogen functional groups attached to an aromatic ring is 1. The van der Waals surface area contributed by atoms with Crippen LogP contribution in [0.4, 0.5) is 5.95 Å². The minimum atomic E-state index is -1.09. The molecule has 1 unspecified atom stereocenters. The third kappa shape index (κ3) is 3.28. The van der Waals surface area contributed by atoms with Gasteiger partial charge in [-0.25, -0.2) is 14.8 Å². The van der Waals surface area contributed by atoms with E-state index in [1.165, 1.54) is 0 Å². The van der Waals surface area contributed by atoms with Crippen molar-refractivity contribution in [3.8, 4) is 5.75 Å². The summed E-state index contributed by atoms with van der Waals surface area (Å²) in [6.45, 7) is 3.49. The fourth-order valence-electron chi connectivity index (χ4n) is 2.11. The zero-order valence-corrected chi connectivity index (χ0v) is 11.9. The molecule has 2 aromatic rings. The Bertz CT molecular complexity index is 644. The summed E-state index contributed by atoms with van der Waals surface area (Å²) in [7, 11) is 0. The maximum atomic E-state index is 11.5. The molecule has 1 aromatic heterocycles. The van der Waals surface area contributed by atoms with Crippen molar-refractivity contribution >= 4 is 11.9 Å². The molecular weight excluding hydrogens is 270 g/mol. The molecule has 0 aliphatic rings. The molecule has 0 saturated heterocycles. The van der Waals surface area contributed by atoms with Crippen molar-refractivity contribution in [2.75, 3.05) is 5.73 Å². The van der Waals surface area contributed by atoms with Gasteiger partial charge in [0, 0.05) is 0 Å². The predicted molar refractivity (Wildman–Crippen MR) is 78.2 cm³/mol. The lowest BCUT2D eigenvalue weighted by Gasteiger charge is -2.19. The van der Waals surface area contributed by atoms with Gasteiger partial charge in [0.05, 0.1) is 5.69 Å². The smallest absolute Gasteiger partial charge is 0.339 e. The lowest BCUT2D eigenvalue weighted by atomic mass is 10.1. The Morgan fingerprint density at radius 3 is 2.57 bits per heavy atom. The molecular formula is C15H17N3O3. The van der Waals surface area contributed by atoms with Gasteiger partial charge in [-0.15, -0.1) is 0 Å². The molecule has 0 spiro atoms. The largest absolute Gasteiger partial charge is 0.484 e. The van der Waals surface area contributed by atoms with E-state index >= 15 is 0 Å². The average molecular weight is 287 g/mol. The first-order chi connectivity index (χ1) is 10.0. The van der Waals surface area contributed by atoms with Crippen molar-refractivity contribution in [2.45, 2.75) is 26.4 Å². The van der Waals surface area contributed by atoms with Crippen molar-refractivity contribution in [3.05, 3.63) is 47.3 Å². The van der Waals surface area contributed by atoms with E-state index in [-0.39, 0.29) is 11.5 Å². The Hall–Kier alpha value is -2.63. The average Bonchev–Trinajstić information content (AvgIpc) is 2.44. The zero-order valence-electron chi connectivity index (χ0n) is 11.9. The van der Waals surface area contributed by atoms with Gasteiger partial charge in [0.15, 0.2) is 0 Å². The number of benzene rings is 1. The van der Waals surface area contributed by atoms with Crippen molar-refractivity contribution in [3.63, 3.8) is 0 Å². The number of carbonyl (C=O) groups is 1. The standard InChI is InChI=1S/C15H17N3O3/c1-3-11(21-10-7-5-4-6-8-10)13-12(14(19)20)9(2)17-15(16)18-13/h4-8,11H,3H2,1-2H3,(H,19,20)(H2,16,17,18). The molecule has 21 heavy (non-hydrogen) atoms. The molecule has 6 heteroatoms. The highest BCUT2D eigenvalue weighted by atomic mass is 16.5. The molecule has 2 rings (SSSR count). The Morgan fingerprint density at radius 1 is 1.33 bits per heavy atom. The van der Waals surface area contributed by atoms with Crippen LogP contribution in [0.5, 0.6) is 5.75 Å². The van der Waals surface area contributed by atoms with Gasteiger partial charge in [0.2, 0.25) is 5.95 Å². The molecule has 6 nitrogen and oxygen atoms in total. The van der Waals surface area contributed by atoms with E-state index in [0.29, 0.717) is 23.6 Å². The summed E-state index contributed by atoms with van der Waals surface area (Å²) < 4.78 is 5.84. The minimum absolute atomic E-state index is 0.0441. The van der Waals surface area contributed by atoms with Crippen LogP contribution in [0.1, 0.15) is 41.2 Å². The molecule has 0 radical (unpaired) electrons. The number of aromatic carboxylic acids is 1. The molecule has 0 aliphatic carbocycles. The van der Waals surface area contributed by atoms with Gasteiger partial charge in [-0.3, -0.25) is 0 Å². The van der Waals surface area contributed by atoms with Crippen LogP contribution in [0.2, 0.25) is 0 Å². The van der Waals surface area contributed by atoms with Crippen molar-refractivity contribution in [1.29, 1.82) is 0 Å². The molecule has 1 aromatic carbocycles. The predicted octanol–water partition coefficient (Wildman–Crippen LogP) is 2.60. The van der Waals surface area contributed by atoms with E-state index < -0.39 is 12.1 Å². The van der Waals surface area contributed by atoms with Crippen LogP contribution in [0.15, 0.2) is 30.3 Å². The number of rotatable bonds is 5. The number of aryl methyl sites for hydroxylation is 1. The van der Waals surface area contributed by atoms with Crippen LogP contribution in [-0.2, 0) is 0 Å². The van der Waals surface area contributed by atoms with Gasteiger partial charge >= 0.3 is 5.97 Å². The molecule has 1 heterocycles. The maximum Gasteiger partial charge on any atom is 0.339 e. The van der Waals surface area contributed by atoms with Gasteiger partial charge in [0.1, 0.15) is 23.1 Å². The molecule has 0 fully saturated rings. The van der Waals surface area contributed by atoms with Crippen LogP contribution in [-0.4, -0.2) is 21.0 Å². The van der Waals surface area contributed by atoms with E-state index in [1.54, 1.807) is 19.1 Å². The summed E-state index contributed by atoms with van der Waals surface area (Å²) >= 11 is 0. The van der Waals surface area contributed by atoms with Crippen molar-refractivity contribution in [2.24, 2.45) is 0 Å². The summed E-state index contributed by atoms with van der Waals surface area (Å²) in [5, 5.41) is 9.37. The van der Waals surface area contributed by atoms with Crippen LogP contribution < -0.4 is 10.5 Å². The van der Waals surface area contributed by atoms with Gasteiger partial charge in [-0.2, -0.15) is 0 Å². The van der Waals surface area contributed by atoms with E-state index in [1.807, 2.05) is 25.1 Å². The number of carboxylic acids is 1. The normalized spacial score (nSPS) is 11.9. The van der Waals surface area contributed by atoms with Crippen LogP contribution in [0, 0.1) is 6.92 Å². The first-order valence-corrected chi connectivity index (χ1v) is 6.62. The summed E-state index contributed by atoms with van der Waals surface area (Å²) in [5.74, 6) is -0.393. The first-order valence-electron chi connectivity index (χ1n) is 6.62. The highest BCUT2D eigenvalue weighted by Gasteiger charge is 2.24. The topological polar surface area (TPSA) is 98.3 Å². The fraction of sp³-hybridized carbons (Fsp3) is 0.267. The number of carboxylic acid groups (broad SMARTS) is 1. The highest BCUT2D eigenvalue weighted by Crippen LogP contribution is 2.27. The number of hydrogen-bond acceptors (Lipinski definition) is 5. The van der Waals surface area contributed by atoms with Crippen LogP contribution in [0.3, 0.4) is 0 Å². The summed E-state index contributed by atoms with van der Waals surface area (Å²) in [4.78, 5) is 19.4. The lowest BCUT2D eigenvalue weighted by Crippen LogP contribution is -2.18. The molecule has 110 valence electrons. The molecule has 0 saturated carbocycles. The summed E-state index contributed by atoms with van der Waals surface area (Å²) in [6.07, 6.45) is 0.0629. The summed E-state index contributed by atoms with van der Waals surface area (Å²) in [5.41, 5.74) is 6.33. The quantitative estimate of drug-likeness (QED) is 0.877. The highest BCUT2D eigenvalue weighted by molar-refractivity contribution is 5.90. The number of hydrogen-bond donors (Lipinski definition) is 2. The SMILES string of the molecule is CCC(Oc1ccccc1)c1nc(N)nc(C)c1C(=O)O. The van der Waals surface area contributed by atoms with Gasteiger partial charge in [-0.05, 0) is 25.5 Å². The molecule has 0 bridgehead atoms. The second kappa shape index (κ2) is 6.21. The number of nitrogens with two attached hydrogens (primary N) is 1. The second-order valence-electron chi connectivity index (χ2n) is 4.56. The Labute approximate surface area is 122 Å². The minimum Gasteiger partial charge on any atom is -0.484 e. The Kier molecular flexibility index (Phi) is 4.37. The van der Waals surface area contributed by atoms with Gasteiger partial charge in [0.25, 0.3) is 0 Å². The monoisotopic (exact) mass is 287 g/mol. The third-order valence-electron chi connectivity index (χ3n) is 3.05. The van der Waals surface area contributed by atoms with E-state index in [0.717, 1.165) is 0 Å². The molecule has 0 amide bonds. The molecule has 0 aliphatic heterocycles. The van der Waals surface area contributed by atoms with Crippen LogP contribution in [0.25, 0.3) is 0 Å². The molecule has 1 atom stereocenters. The Balaban J connectivity index is 2.44. The number of para-hydroxylation sites is 1. The lowest BCUT2D eigenvalue weighted by molar-refractivity contribution is 0.0688. The molecule has 3 N–H and O–H groups in total. The fourth-order valence-corrected chi connectivity index (χ4v) is 2.11. The number of nitrogens with zero attached hydrogens (tertiary/aromatic N) is 2. The van der Waals surface area contributed by atoms with E-state index in [4.69, 9.17) is 10.5 Å². The summed E-state index contributed by atoms with van der Waals surface area (Å²) in [6, 6.07) is 9.18. The number of aromatic nitrogens is 2. The first kappa shape index (κ1) is 14.8. The third-order valence-corrected chi connectivity index (χ3v) is 3.05. The Morgan fingerprint density at radius 2 is 2.00 bits per heavy atom. The maximum absolute atomic E-state index is 11.5. The number of ether oxygens (including phenoxy) is 1. The number of anilines is 1. The zero-order chi connectivity index (χ0) is 15.4. The second-order valence-corrected chi connectivity index (χ2v) is 4.56. The van der Waals surface area contributed by atoms with Gasteiger partial charge < -0.3 is 15.6 Å². The van der Waals surface area contributed by atoms with E-state index in [2.05, 4.69) is 9.97 Å². The van der Waals surface area contributed by atoms with Crippen molar-refractivity contribution < 1.29 is 14.6 Å².